The Hall–Kier alpha value is -0.260. The van der Waals surface area contributed by atoms with Crippen LogP contribution in [0.5, 0.6) is 5.75 Å². The molecule has 3 nitrogen and oxygen atoms in total. The number of anilines is 1. The first kappa shape index (κ1) is 16.1. The highest BCUT2D eigenvalue weighted by molar-refractivity contribution is 9.11. The number of ether oxygens (including phenoxy) is 1. The molecule has 0 atom stereocenters. The SMILES string of the molecule is COc1cc(NCC2(CO)CCCCC2)c(Br)cc1Br. The zero-order valence-corrected chi connectivity index (χ0v) is 14.9. The monoisotopic (exact) mass is 405 g/mol. The topological polar surface area (TPSA) is 41.5 Å². The van der Waals surface area contributed by atoms with Crippen molar-refractivity contribution in [3.05, 3.63) is 21.1 Å². The van der Waals surface area contributed by atoms with Crippen molar-refractivity contribution in [1.82, 2.24) is 0 Å². The van der Waals surface area contributed by atoms with Crippen LogP contribution in [-0.4, -0.2) is 25.4 Å². The molecular weight excluding hydrogens is 386 g/mol. The summed E-state index contributed by atoms with van der Waals surface area (Å²) in [6, 6.07) is 3.95. The molecule has 20 heavy (non-hydrogen) atoms. The Kier molecular flexibility index (Phi) is 5.75. The number of halogens is 2. The van der Waals surface area contributed by atoms with Crippen LogP contribution in [0.25, 0.3) is 0 Å². The van der Waals surface area contributed by atoms with Crippen LogP contribution in [0.2, 0.25) is 0 Å². The van der Waals surface area contributed by atoms with Crippen LogP contribution in [-0.2, 0) is 0 Å². The Balaban J connectivity index is 2.09. The van der Waals surface area contributed by atoms with E-state index in [0.29, 0.717) is 0 Å². The highest BCUT2D eigenvalue weighted by Gasteiger charge is 2.31. The molecule has 2 rings (SSSR count). The van der Waals surface area contributed by atoms with Crippen molar-refractivity contribution in [2.75, 3.05) is 25.6 Å². The number of hydrogen-bond acceptors (Lipinski definition) is 3. The standard InChI is InChI=1S/C15H21Br2NO2/c1-20-14-8-13(11(16)7-12(14)17)18-9-15(10-19)5-3-2-4-6-15/h7-8,18-19H,2-6,9-10H2,1H3. The highest BCUT2D eigenvalue weighted by atomic mass is 79.9. The first-order chi connectivity index (χ1) is 9.60. The molecule has 0 aliphatic heterocycles. The summed E-state index contributed by atoms with van der Waals surface area (Å²) in [6.45, 7) is 1.05. The average Bonchev–Trinajstić information content (AvgIpc) is 2.47. The van der Waals surface area contributed by atoms with Crippen molar-refractivity contribution in [1.29, 1.82) is 0 Å². The fraction of sp³-hybridized carbons (Fsp3) is 0.600. The van der Waals surface area contributed by atoms with Gasteiger partial charge in [-0.3, -0.25) is 0 Å². The Morgan fingerprint density at radius 3 is 2.50 bits per heavy atom. The van der Waals surface area contributed by atoms with Gasteiger partial charge < -0.3 is 15.2 Å². The molecule has 112 valence electrons. The molecule has 1 fully saturated rings. The van der Waals surface area contributed by atoms with E-state index in [-0.39, 0.29) is 12.0 Å². The lowest BCUT2D eigenvalue weighted by atomic mass is 9.74. The van der Waals surface area contributed by atoms with Crippen molar-refractivity contribution in [3.8, 4) is 5.75 Å². The molecule has 2 N–H and O–H groups in total. The van der Waals surface area contributed by atoms with Gasteiger partial charge >= 0.3 is 0 Å². The number of aliphatic hydroxyl groups excluding tert-OH is 1. The smallest absolute Gasteiger partial charge is 0.135 e. The Morgan fingerprint density at radius 2 is 1.90 bits per heavy atom. The minimum absolute atomic E-state index is 0.0258. The predicted molar refractivity (Wildman–Crippen MR) is 89.5 cm³/mol. The molecule has 1 saturated carbocycles. The van der Waals surface area contributed by atoms with Crippen LogP contribution < -0.4 is 10.1 Å². The van der Waals surface area contributed by atoms with E-state index in [1.54, 1.807) is 7.11 Å². The lowest BCUT2D eigenvalue weighted by Gasteiger charge is -2.36. The largest absolute Gasteiger partial charge is 0.495 e. The summed E-state index contributed by atoms with van der Waals surface area (Å²) in [4.78, 5) is 0. The number of nitrogens with one attached hydrogen (secondary N) is 1. The fourth-order valence-electron chi connectivity index (χ4n) is 2.80. The number of aliphatic hydroxyl groups is 1. The van der Waals surface area contributed by atoms with Gasteiger partial charge in [0.25, 0.3) is 0 Å². The molecule has 1 aromatic carbocycles. The Morgan fingerprint density at radius 1 is 1.20 bits per heavy atom. The molecule has 0 amide bonds. The zero-order valence-electron chi connectivity index (χ0n) is 11.7. The maximum atomic E-state index is 9.75. The van der Waals surface area contributed by atoms with Crippen molar-refractivity contribution >= 4 is 37.5 Å². The summed E-state index contributed by atoms with van der Waals surface area (Å²) in [5, 5.41) is 13.2. The number of benzene rings is 1. The third-order valence-electron chi connectivity index (χ3n) is 4.14. The second-order valence-corrected chi connectivity index (χ2v) is 7.25. The molecule has 0 saturated heterocycles. The van der Waals surface area contributed by atoms with E-state index in [2.05, 4.69) is 37.2 Å². The zero-order chi connectivity index (χ0) is 14.6. The molecule has 0 spiro atoms. The third-order valence-corrected chi connectivity index (χ3v) is 5.42. The summed E-state index contributed by atoms with van der Waals surface area (Å²) in [5.74, 6) is 0.803. The molecule has 1 aromatic rings. The van der Waals surface area contributed by atoms with Crippen LogP contribution in [0.4, 0.5) is 5.69 Å². The maximum absolute atomic E-state index is 9.75. The van der Waals surface area contributed by atoms with E-state index < -0.39 is 0 Å². The van der Waals surface area contributed by atoms with Gasteiger partial charge in [0.2, 0.25) is 0 Å². The highest BCUT2D eigenvalue weighted by Crippen LogP contribution is 2.38. The number of methoxy groups -OCH3 is 1. The van der Waals surface area contributed by atoms with Crippen LogP contribution in [0.15, 0.2) is 21.1 Å². The fourth-order valence-corrected chi connectivity index (χ4v) is 4.09. The van der Waals surface area contributed by atoms with Crippen molar-refractivity contribution in [3.63, 3.8) is 0 Å². The second-order valence-electron chi connectivity index (χ2n) is 5.54. The quantitative estimate of drug-likeness (QED) is 0.752. The van der Waals surface area contributed by atoms with E-state index in [9.17, 15) is 5.11 Å². The first-order valence-corrected chi connectivity index (χ1v) is 8.57. The number of hydrogen-bond donors (Lipinski definition) is 2. The summed E-state index contributed by atoms with van der Waals surface area (Å²) in [7, 11) is 1.66. The second kappa shape index (κ2) is 7.14. The maximum Gasteiger partial charge on any atom is 0.135 e. The lowest BCUT2D eigenvalue weighted by molar-refractivity contribution is 0.0944. The third kappa shape index (κ3) is 3.68. The molecule has 0 heterocycles. The van der Waals surface area contributed by atoms with Gasteiger partial charge in [-0.15, -0.1) is 0 Å². The van der Waals surface area contributed by atoms with Crippen molar-refractivity contribution < 1.29 is 9.84 Å². The van der Waals surface area contributed by atoms with Gasteiger partial charge in [0.1, 0.15) is 5.75 Å². The van der Waals surface area contributed by atoms with Gasteiger partial charge in [-0.2, -0.15) is 0 Å². The summed E-state index contributed by atoms with van der Waals surface area (Å²) in [5.41, 5.74) is 1.03. The lowest BCUT2D eigenvalue weighted by Crippen LogP contribution is -2.35. The molecule has 1 aliphatic carbocycles. The van der Waals surface area contributed by atoms with Gasteiger partial charge in [-0.1, -0.05) is 19.3 Å². The van der Waals surface area contributed by atoms with E-state index in [4.69, 9.17) is 4.74 Å². The molecular formula is C15H21Br2NO2. The van der Waals surface area contributed by atoms with E-state index in [0.717, 1.165) is 39.8 Å². The summed E-state index contributed by atoms with van der Waals surface area (Å²) in [6.07, 6.45) is 5.92. The van der Waals surface area contributed by atoms with Crippen LogP contribution in [0, 0.1) is 5.41 Å². The molecule has 5 heteroatoms. The normalized spacial score (nSPS) is 17.8. The van der Waals surface area contributed by atoms with Gasteiger partial charge in [0.15, 0.2) is 0 Å². The van der Waals surface area contributed by atoms with Gasteiger partial charge in [0, 0.05) is 22.5 Å². The van der Waals surface area contributed by atoms with Crippen LogP contribution in [0.1, 0.15) is 32.1 Å². The van der Waals surface area contributed by atoms with E-state index in [1.165, 1.54) is 19.3 Å². The van der Waals surface area contributed by atoms with Crippen molar-refractivity contribution in [2.45, 2.75) is 32.1 Å². The molecule has 0 unspecified atom stereocenters. The summed E-state index contributed by atoms with van der Waals surface area (Å²) < 4.78 is 7.24. The molecule has 1 aliphatic rings. The number of rotatable bonds is 5. The molecule has 0 aromatic heterocycles. The average molecular weight is 407 g/mol. The summed E-state index contributed by atoms with van der Waals surface area (Å²) >= 11 is 7.04. The van der Waals surface area contributed by atoms with Crippen molar-refractivity contribution in [2.24, 2.45) is 5.41 Å². The minimum Gasteiger partial charge on any atom is -0.495 e. The van der Waals surface area contributed by atoms with E-state index in [1.807, 2.05) is 12.1 Å². The first-order valence-electron chi connectivity index (χ1n) is 6.98. The minimum atomic E-state index is 0.0258. The molecule has 0 radical (unpaired) electrons. The van der Waals surface area contributed by atoms with Crippen LogP contribution >= 0.6 is 31.9 Å². The van der Waals surface area contributed by atoms with E-state index >= 15 is 0 Å². The predicted octanol–water partition coefficient (Wildman–Crippen LogP) is 4.57. The Labute approximate surface area is 137 Å². The Bertz CT molecular complexity index is 459. The van der Waals surface area contributed by atoms with Gasteiger partial charge in [-0.05, 0) is 50.8 Å². The van der Waals surface area contributed by atoms with Gasteiger partial charge in [-0.25, -0.2) is 0 Å². The van der Waals surface area contributed by atoms with Crippen LogP contribution in [0.3, 0.4) is 0 Å². The van der Waals surface area contributed by atoms with Gasteiger partial charge in [0.05, 0.1) is 23.9 Å². The molecule has 0 bridgehead atoms.